The third kappa shape index (κ3) is 1.98. The van der Waals surface area contributed by atoms with Crippen LogP contribution in [0.15, 0.2) is 11.6 Å². The molecule has 0 aromatic heterocycles. The number of aliphatic hydroxyl groups excluding tert-OH is 2. The molecule has 4 rings (SSSR count). The van der Waals surface area contributed by atoms with E-state index in [1.165, 1.54) is 32.1 Å². The van der Waals surface area contributed by atoms with Gasteiger partial charge in [-0.15, -0.1) is 0 Å². The van der Waals surface area contributed by atoms with Gasteiger partial charge < -0.3 is 10.2 Å². The lowest BCUT2D eigenvalue weighted by atomic mass is 9.53. The van der Waals surface area contributed by atoms with Crippen LogP contribution in [0.3, 0.4) is 0 Å². The highest BCUT2D eigenvalue weighted by Gasteiger charge is 2.57. The number of hydrogen-bond acceptors (Lipinski definition) is 2. The molecule has 118 valence electrons. The predicted octanol–water partition coefficient (Wildman–Crippen LogP) is 3.53. The van der Waals surface area contributed by atoms with Crippen LogP contribution in [-0.4, -0.2) is 22.4 Å². The summed E-state index contributed by atoms with van der Waals surface area (Å²) in [6.45, 7) is 4.59. The van der Waals surface area contributed by atoms with Gasteiger partial charge in [0.25, 0.3) is 0 Å². The minimum Gasteiger partial charge on any atom is -0.393 e. The number of aliphatic hydroxyl groups is 2. The van der Waals surface area contributed by atoms with E-state index in [1.54, 1.807) is 5.57 Å². The molecule has 8 atom stereocenters. The van der Waals surface area contributed by atoms with E-state index < -0.39 is 0 Å². The Labute approximate surface area is 128 Å². The second-order valence-electron chi connectivity index (χ2n) is 8.69. The molecule has 0 aromatic carbocycles. The number of allylic oxidation sites excluding steroid dienone is 1. The molecule has 3 unspecified atom stereocenters. The SMILES string of the molecule is C[C@@H]1CC2C3CC=C4C[C@H](O)CC[C@@H]4C3CC[C@]2(C)[C@H]1O. The Kier molecular flexibility index (Phi) is 3.28. The lowest BCUT2D eigenvalue weighted by Gasteiger charge is -2.53. The van der Waals surface area contributed by atoms with Gasteiger partial charge in [-0.1, -0.05) is 25.5 Å². The fraction of sp³-hybridized carbons (Fsp3) is 0.895. The third-order valence-electron chi connectivity index (χ3n) is 7.70. The Balaban J connectivity index is 1.63. The van der Waals surface area contributed by atoms with Gasteiger partial charge in [0.1, 0.15) is 0 Å². The second-order valence-corrected chi connectivity index (χ2v) is 8.69. The Morgan fingerprint density at radius 2 is 1.95 bits per heavy atom. The average molecular weight is 290 g/mol. The van der Waals surface area contributed by atoms with E-state index in [0.717, 1.165) is 30.6 Å². The van der Waals surface area contributed by atoms with Gasteiger partial charge >= 0.3 is 0 Å². The first kappa shape index (κ1) is 14.3. The van der Waals surface area contributed by atoms with E-state index >= 15 is 0 Å². The monoisotopic (exact) mass is 290 g/mol. The fourth-order valence-corrected chi connectivity index (χ4v) is 6.59. The van der Waals surface area contributed by atoms with Crippen molar-refractivity contribution in [2.24, 2.45) is 35.0 Å². The molecule has 2 heteroatoms. The Morgan fingerprint density at radius 1 is 1.14 bits per heavy atom. The van der Waals surface area contributed by atoms with Crippen LogP contribution < -0.4 is 0 Å². The Hall–Kier alpha value is -0.340. The first-order valence-corrected chi connectivity index (χ1v) is 9.05. The Morgan fingerprint density at radius 3 is 2.76 bits per heavy atom. The molecule has 4 aliphatic rings. The molecule has 0 aliphatic heterocycles. The smallest absolute Gasteiger partial charge is 0.0622 e. The molecular weight excluding hydrogens is 260 g/mol. The minimum absolute atomic E-state index is 0.0915. The van der Waals surface area contributed by atoms with Gasteiger partial charge in [0, 0.05) is 0 Å². The molecule has 3 fully saturated rings. The lowest BCUT2D eigenvalue weighted by Crippen LogP contribution is -2.47. The maximum absolute atomic E-state index is 10.7. The predicted molar refractivity (Wildman–Crippen MR) is 83.6 cm³/mol. The highest BCUT2D eigenvalue weighted by molar-refractivity contribution is 5.20. The van der Waals surface area contributed by atoms with Crippen LogP contribution in [0.25, 0.3) is 0 Å². The minimum atomic E-state index is -0.0954. The van der Waals surface area contributed by atoms with Crippen molar-refractivity contribution in [3.05, 3.63) is 11.6 Å². The van der Waals surface area contributed by atoms with Crippen LogP contribution in [-0.2, 0) is 0 Å². The summed E-state index contributed by atoms with van der Waals surface area (Å²) in [5.41, 5.74) is 1.73. The zero-order valence-electron chi connectivity index (χ0n) is 13.5. The summed E-state index contributed by atoms with van der Waals surface area (Å²) in [6, 6.07) is 0. The zero-order chi connectivity index (χ0) is 14.8. The van der Waals surface area contributed by atoms with E-state index in [1.807, 2.05) is 0 Å². The summed E-state index contributed by atoms with van der Waals surface area (Å²) in [4.78, 5) is 0. The molecule has 2 N–H and O–H groups in total. The van der Waals surface area contributed by atoms with Crippen LogP contribution in [0.5, 0.6) is 0 Å². The van der Waals surface area contributed by atoms with E-state index in [9.17, 15) is 10.2 Å². The molecule has 0 saturated heterocycles. The first-order chi connectivity index (χ1) is 10.0. The summed E-state index contributed by atoms with van der Waals surface area (Å²) in [7, 11) is 0. The molecule has 0 spiro atoms. The van der Waals surface area contributed by atoms with Crippen molar-refractivity contribution in [1.82, 2.24) is 0 Å². The lowest BCUT2D eigenvalue weighted by molar-refractivity contribution is -0.0550. The number of hydrogen-bond donors (Lipinski definition) is 2. The molecule has 21 heavy (non-hydrogen) atoms. The molecule has 0 radical (unpaired) electrons. The maximum atomic E-state index is 10.7. The summed E-state index contributed by atoms with van der Waals surface area (Å²) in [6.07, 6.45) is 10.3. The normalized spacial score (nSPS) is 56.2. The van der Waals surface area contributed by atoms with Gasteiger partial charge in [0.2, 0.25) is 0 Å². The van der Waals surface area contributed by atoms with Gasteiger partial charge in [-0.05, 0) is 80.0 Å². The summed E-state index contributed by atoms with van der Waals surface area (Å²) in [5, 5.41) is 20.6. The van der Waals surface area contributed by atoms with Gasteiger partial charge in [0.15, 0.2) is 0 Å². The van der Waals surface area contributed by atoms with Crippen LogP contribution in [0.4, 0.5) is 0 Å². The highest BCUT2D eigenvalue weighted by Crippen LogP contribution is 2.62. The average Bonchev–Trinajstić information content (AvgIpc) is 2.70. The van der Waals surface area contributed by atoms with E-state index in [4.69, 9.17) is 0 Å². The van der Waals surface area contributed by atoms with Crippen molar-refractivity contribution in [2.75, 3.05) is 0 Å². The highest BCUT2D eigenvalue weighted by atomic mass is 16.3. The molecule has 0 amide bonds. The molecule has 0 aromatic rings. The first-order valence-electron chi connectivity index (χ1n) is 9.05. The van der Waals surface area contributed by atoms with Crippen molar-refractivity contribution in [2.45, 2.75) is 71.0 Å². The van der Waals surface area contributed by atoms with Crippen molar-refractivity contribution >= 4 is 0 Å². The van der Waals surface area contributed by atoms with Crippen molar-refractivity contribution in [3.63, 3.8) is 0 Å². The van der Waals surface area contributed by atoms with Crippen molar-refractivity contribution in [3.8, 4) is 0 Å². The van der Waals surface area contributed by atoms with Gasteiger partial charge in [-0.2, -0.15) is 0 Å². The van der Waals surface area contributed by atoms with Gasteiger partial charge in [-0.25, -0.2) is 0 Å². The quantitative estimate of drug-likeness (QED) is 0.670. The number of rotatable bonds is 0. The van der Waals surface area contributed by atoms with Crippen molar-refractivity contribution < 1.29 is 10.2 Å². The maximum Gasteiger partial charge on any atom is 0.0622 e. The summed E-state index contributed by atoms with van der Waals surface area (Å²) in [5.74, 6) is 3.54. The molecule has 4 aliphatic carbocycles. The van der Waals surface area contributed by atoms with Crippen LogP contribution in [0.1, 0.15) is 58.8 Å². The van der Waals surface area contributed by atoms with Crippen molar-refractivity contribution in [1.29, 1.82) is 0 Å². The van der Waals surface area contributed by atoms with Crippen LogP contribution in [0.2, 0.25) is 0 Å². The Bertz CT molecular complexity index is 456. The summed E-state index contributed by atoms with van der Waals surface area (Å²) >= 11 is 0. The molecular formula is C19H30O2. The van der Waals surface area contributed by atoms with Gasteiger partial charge in [-0.3, -0.25) is 0 Å². The largest absolute Gasteiger partial charge is 0.393 e. The third-order valence-corrected chi connectivity index (χ3v) is 7.70. The van der Waals surface area contributed by atoms with Crippen LogP contribution in [0, 0.1) is 35.0 Å². The standard InChI is InChI=1S/C19H30O2/c1-11-9-17-16-5-3-12-10-13(20)4-6-14(12)15(16)7-8-19(17,2)18(11)21/h3,11,13-18,20-21H,4-10H2,1-2H3/t11-,13-,14+,15?,16?,17?,18+,19+/m1/s1. The summed E-state index contributed by atoms with van der Waals surface area (Å²) < 4.78 is 0. The molecule has 3 saturated carbocycles. The molecule has 2 nitrogen and oxygen atoms in total. The molecule has 0 bridgehead atoms. The van der Waals surface area contributed by atoms with E-state index in [2.05, 4.69) is 19.9 Å². The topological polar surface area (TPSA) is 40.5 Å². The number of fused-ring (bicyclic) bond motifs is 5. The van der Waals surface area contributed by atoms with Crippen LogP contribution >= 0.6 is 0 Å². The van der Waals surface area contributed by atoms with E-state index in [0.29, 0.717) is 11.8 Å². The fourth-order valence-electron chi connectivity index (χ4n) is 6.59. The van der Waals surface area contributed by atoms with E-state index in [-0.39, 0.29) is 17.6 Å². The zero-order valence-corrected chi connectivity index (χ0v) is 13.5. The molecule has 0 heterocycles. The second kappa shape index (κ2) is 4.83. The van der Waals surface area contributed by atoms with Gasteiger partial charge in [0.05, 0.1) is 12.2 Å².